The SMILES string of the molecule is Cc1cc2c(Br)c(OCC(Cc3ccccc3)OC(N)=O)ccc2cn1. The summed E-state index contributed by atoms with van der Waals surface area (Å²) in [6, 6.07) is 15.6. The van der Waals surface area contributed by atoms with Crippen LogP contribution in [0.5, 0.6) is 5.75 Å². The predicted octanol–water partition coefficient (Wildman–Crippen LogP) is 4.39. The number of rotatable bonds is 6. The first-order valence-electron chi connectivity index (χ1n) is 8.20. The number of hydrogen-bond acceptors (Lipinski definition) is 4. The maximum Gasteiger partial charge on any atom is 0.404 e. The van der Waals surface area contributed by atoms with Crippen LogP contribution in [0.1, 0.15) is 11.3 Å². The van der Waals surface area contributed by atoms with E-state index in [-0.39, 0.29) is 6.61 Å². The van der Waals surface area contributed by atoms with Gasteiger partial charge in [0.1, 0.15) is 18.5 Å². The summed E-state index contributed by atoms with van der Waals surface area (Å²) in [5, 5.41) is 2.04. The highest BCUT2D eigenvalue weighted by molar-refractivity contribution is 9.10. The minimum atomic E-state index is -0.811. The molecule has 3 rings (SSSR count). The zero-order valence-corrected chi connectivity index (χ0v) is 15.9. The van der Waals surface area contributed by atoms with Crippen molar-refractivity contribution in [1.29, 1.82) is 0 Å². The number of carbonyl (C=O) groups is 1. The molecule has 1 amide bonds. The van der Waals surface area contributed by atoms with Crippen LogP contribution in [-0.2, 0) is 11.2 Å². The van der Waals surface area contributed by atoms with E-state index in [1.54, 1.807) is 0 Å². The van der Waals surface area contributed by atoms with Gasteiger partial charge in [-0.25, -0.2) is 4.79 Å². The summed E-state index contributed by atoms with van der Waals surface area (Å²) >= 11 is 3.60. The van der Waals surface area contributed by atoms with Gasteiger partial charge in [0.2, 0.25) is 0 Å². The van der Waals surface area contributed by atoms with Crippen molar-refractivity contribution >= 4 is 32.8 Å². The van der Waals surface area contributed by atoms with Crippen molar-refractivity contribution < 1.29 is 14.3 Å². The van der Waals surface area contributed by atoms with Gasteiger partial charge in [0, 0.05) is 29.1 Å². The lowest BCUT2D eigenvalue weighted by Crippen LogP contribution is -2.30. The van der Waals surface area contributed by atoms with Gasteiger partial charge >= 0.3 is 6.09 Å². The first-order valence-corrected chi connectivity index (χ1v) is 9.00. The molecular weight excluding hydrogens is 396 g/mol. The first-order chi connectivity index (χ1) is 12.5. The van der Waals surface area contributed by atoms with E-state index in [1.165, 1.54) is 0 Å². The van der Waals surface area contributed by atoms with Gasteiger partial charge < -0.3 is 15.2 Å². The molecule has 5 nitrogen and oxygen atoms in total. The average Bonchev–Trinajstić information content (AvgIpc) is 2.62. The second-order valence-electron chi connectivity index (χ2n) is 5.98. The standard InChI is InChI=1S/C20H19BrN2O3/c1-13-9-17-15(11-23-13)7-8-18(19(17)21)25-12-16(26-20(22)24)10-14-5-3-2-4-6-14/h2-9,11,16H,10,12H2,1H3,(H2,22,24). The molecule has 6 heteroatoms. The Kier molecular flexibility index (Phi) is 5.73. The molecule has 1 unspecified atom stereocenters. The quantitative estimate of drug-likeness (QED) is 0.648. The molecule has 0 spiro atoms. The van der Waals surface area contributed by atoms with Gasteiger partial charge in [-0.15, -0.1) is 0 Å². The molecule has 1 aromatic heterocycles. The summed E-state index contributed by atoms with van der Waals surface area (Å²) in [6.07, 6.45) is 1.07. The third-order valence-electron chi connectivity index (χ3n) is 3.95. The number of fused-ring (bicyclic) bond motifs is 1. The summed E-state index contributed by atoms with van der Waals surface area (Å²) < 4.78 is 12.0. The molecule has 0 saturated carbocycles. The zero-order chi connectivity index (χ0) is 18.5. The van der Waals surface area contributed by atoms with Crippen molar-refractivity contribution in [2.45, 2.75) is 19.4 Å². The van der Waals surface area contributed by atoms with Crippen molar-refractivity contribution in [1.82, 2.24) is 4.98 Å². The Morgan fingerprint density at radius 2 is 2.00 bits per heavy atom. The fourth-order valence-corrected chi connectivity index (χ4v) is 3.32. The summed E-state index contributed by atoms with van der Waals surface area (Å²) in [5.74, 6) is 0.675. The molecule has 1 atom stereocenters. The molecule has 0 bridgehead atoms. The Morgan fingerprint density at radius 3 is 2.73 bits per heavy atom. The Bertz CT molecular complexity index is 916. The van der Waals surface area contributed by atoms with Gasteiger partial charge in [0.15, 0.2) is 0 Å². The molecule has 134 valence electrons. The van der Waals surface area contributed by atoms with Crippen molar-refractivity contribution in [2.75, 3.05) is 6.61 Å². The lowest BCUT2D eigenvalue weighted by molar-refractivity contribution is 0.0716. The normalized spacial score (nSPS) is 11.9. The van der Waals surface area contributed by atoms with Crippen molar-refractivity contribution in [3.8, 4) is 5.75 Å². The molecule has 0 aliphatic rings. The lowest BCUT2D eigenvalue weighted by atomic mass is 10.1. The second-order valence-corrected chi connectivity index (χ2v) is 6.78. The third-order valence-corrected chi connectivity index (χ3v) is 4.77. The number of benzene rings is 2. The molecule has 2 N–H and O–H groups in total. The number of pyridine rings is 1. The van der Waals surface area contributed by atoms with Gasteiger partial charge in [-0.3, -0.25) is 4.98 Å². The van der Waals surface area contributed by atoms with Crippen LogP contribution in [0.3, 0.4) is 0 Å². The van der Waals surface area contributed by atoms with E-state index in [4.69, 9.17) is 15.2 Å². The molecule has 26 heavy (non-hydrogen) atoms. The number of aromatic nitrogens is 1. The van der Waals surface area contributed by atoms with E-state index in [9.17, 15) is 4.79 Å². The predicted molar refractivity (Wildman–Crippen MR) is 104 cm³/mol. The maximum atomic E-state index is 11.2. The highest BCUT2D eigenvalue weighted by Crippen LogP contribution is 2.33. The molecule has 1 heterocycles. The van der Waals surface area contributed by atoms with E-state index in [2.05, 4.69) is 20.9 Å². The Morgan fingerprint density at radius 1 is 1.23 bits per heavy atom. The molecule has 0 radical (unpaired) electrons. The number of halogens is 1. The molecule has 0 aliphatic heterocycles. The van der Waals surface area contributed by atoms with Crippen LogP contribution in [0, 0.1) is 6.92 Å². The number of ether oxygens (including phenoxy) is 2. The van der Waals surface area contributed by atoms with Gasteiger partial charge in [0.05, 0.1) is 4.47 Å². The molecule has 3 aromatic rings. The molecule has 0 saturated heterocycles. The van der Waals surface area contributed by atoms with Crippen LogP contribution in [0.2, 0.25) is 0 Å². The zero-order valence-electron chi connectivity index (χ0n) is 14.3. The summed E-state index contributed by atoms with van der Waals surface area (Å²) in [6.45, 7) is 2.14. The van der Waals surface area contributed by atoms with Crippen LogP contribution in [0.25, 0.3) is 10.8 Å². The third kappa shape index (κ3) is 4.52. The van der Waals surface area contributed by atoms with E-state index in [0.29, 0.717) is 12.2 Å². The Hall–Kier alpha value is -2.60. The number of nitrogens with two attached hydrogens (primary N) is 1. The van der Waals surface area contributed by atoms with Gasteiger partial charge in [-0.05, 0) is 46.6 Å². The van der Waals surface area contributed by atoms with Crippen molar-refractivity contribution in [3.63, 3.8) is 0 Å². The highest BCUT2D eigenvalue weighted by Gasteiger charge is 2.16. The van der Waals surface area contributed by atoms with Crippen LogP contribution in [0.15, 0.2) is 59.2 Å². The highest BCUT2D eigenvalue weighted by atomic mass is 79.9. The summed E-state index contributed by atoms with van der Waals surface area (Å²) in [4.78, 5) is 15.5. The first kappa shape index (κ1) is 18.2. The fraction of sp³-hybridized carbons (Fsp3) is 0.200. The molecular formula is C20H19BrN2O3. The number of hydrogen-bond donors (Lipinski definition) is 1. The largest absolute Gasteiger partial charge is 0.489 e. The van der Waals surface area contributed by atoms with Crippen LogP contribution >= 0.6 is 15.9 Å². The molecule has 0 aliphatic carbocycles. The molecule has 0 fully saturated rings. The van der Waals surface area contributed by atoms with Crippen LogP contribution in [-0.4, -0.2) is 23.8 Å². The number of nitrogens with zero attached hydrogens (tertiary/aromatic N) is 1. The molecule has 2 aromatic carbocycles. The average molecular weight is 415 g/mol. The fourth-order valence-electron chi connectivity index (χ4n) is 2.73. The van der Waals surface area contributed by atoms with Gasteiger partial charge in [0.25, 0.3) is 0 Å². The summed E-state index contributed by atoms with van der Waals surface area (Å²) in [7, 11) is 0. The topological polar surface area (TPSA) is 74.4 Å². The Labute approximate surface area is 160 Å². The lowest BCUT2D eigenvalue weighted by Gasteiger charge is -2.18. The number of aryl methyl sites for hydroxylation is 1. The smallest absolute Gasteiger partial charge is 0.404 e. The van der Waals surface area contributed by atoms with E-state index >= 15 is 0 Å². The minimum Gasteiger partial charge on any atom is -0.489 e. The van der Waals surface area contributed by atoms with E-state index in [1.807, 2.05) is 61.7 Å². The monoisotopic (exact) mass is 414 g/mol. The van der Waals surface area contributed by atoms with Crippen LogP contribution < -0.4 is 10.5 Å². The second kappa shape index (κ2) is 8.19. The van der Waals surface area contributed by atoms with E-state index < -0.39 is 12.2 Å². The van der Waals surface area contributed by atoms with E-state index in [0.717, 1.165) is 26.5 Å². The maximum absolute atomic E-state index is 11.2. The number of primary amides is 1. The van der Waals surface area contributed by atoms with Crippen LogP contribution in [0.4, 0.5) is 4.79 Å². The van der Waals surface area contributed by atoms with Crippen molar-refractivity contribution in [2.24, 2.45) is 5.73 Å². The van der Waals surface area contributed by atoms with Crippen molar-refractivity contribution in [3.05, 3.63) is 70.5 Å². The van der Waals surface area contributed by atoms with Gasteiger partial charge in [-0.1, -0.05) is 30.3 Å². The Balaban J connectivity index is 1.76. The summed E-state index contributed by atoms with van der Waals surface area (Å²) in [5.41, 5.74) is 7.17. The van der Waals surface area contributed by atoms with Gasteiger partial charge in [-0.2, -0.15) is 0 Å². The number of carbonyl (C=O) groups excluding carboxylic acids is 1. The number of amides is 1. The minimum absolute atomic E-state index is 0.200.